The standard InChI is InChI=1S/C12H16BO3.C2H6/c1-4-5-6-15-11-7-9(2)12(16-13-14)10(3)8-11;1-2/h4-5,7-8,14H,6H2,1-3H3;1-2H3/b5-4+;. The van der Waals surface area contributed by atoms with E-state index in [4.69, 9.17) is 14.4 Å². The second kappa shape index (κ2) is 9.60. The predicted molar refractivity (Wildman–Crippen MR) is 76.2 cm³/mol. The van der Waals surface area contributed by atoms with Crippen LogP contribution >= 0.6 is 0 Å². The van der Waals surface area contributed by atoms with Crippen LogP contribution in [-0.2, 0) is 0 Å². The summed E-state index contributed by atoms with van der Waals surface area (Å²) in [7, 11) is 0.690. The molecule has 1 aromatic carbocycles. The lowest BCUT2D eigenvalue weighted by Crippen LogP contribution is -2.04. The molecule has 0 spiro atoms. The maximum Gasteiger partial charge on any atom is 0.569 e. The van der Waals surface area contributed by atoms with Crippen molar-refractivity contribution in [1.82, 2.24) is 0 Å². The molecular formula is C14H22BO3. The molecule has 0 unspecified atom stereocenters. The molecule has 0 heterocycles. The van der Waals surface area contributed by atoms with Crippen LogP contribution in [-0.4, -0.2) is 19.3 Å². The van der Waals surface area contributed by atoms with Crippen LogP contribution < -0.4 is 9.39 Å². The Kier molecular flexibility index (Phi) is 8.84. The van der Waals surface area contributed by atoms with Crippen molar-refractivity contribution in [2.75, 3.05) is 6.61 Å². The highest BCUT2D eigenvalue weighted by atomic mass is 16.5. The van der Waals surface area contributed by atoms with Gasteiger partial charge in [0.25, 0.3) is 0 Å². The quantitative estimate of drug-likeness (QED) is 0.643. The highest BCUT2D eigenvalue weighted by molar-refractivity contribution is 6.17. The lowest BCUT2D eigenvalue weighted by atomic mass is 10.1. The van der Waals surface area contributed by atoms with Crippen LogP contribution in [0.1, 0.15) is 31.9 Å². The highest BCUT2D eigenvalue weighted by Crippen LogP contribution is 2.28. The minimum absolute atomic E-state index is 0.557. The van der Waals surface area contributed by atoms with Crippen LogP contribution in [0.3, 0.4) is 0 Å². The summed E-state index contributed by atoms with van der Waals surface area (Å²) in [6.07, 6.45) is 3.88. The van der Waals surface area contributed by atoms with Crippen LogP contribution in [0.2, 0.25) is 0 Å². The van der Waals surface area contributed by atoms with E-state index in [0.29, 0.717) is 20.0 Å². The highest BCUT2D eigenvalue weighted by Gasteiger charge is 2.07. The molecule has 1 radical (unpaired) electrons. The third-order valence-electron chi connectivity index (χ3n) is 2.19. The Morgan fingerprint density at radius 1 is 1.22 bits per heavy atom. The fourth-order valence-corrected chi connectivity index (χ4v) is 1.47. The van der Waals surface area contributed by atoms with E-state index in [1.165, 1.54) is 0 Å². The fraction of sp³-hybridized carbons (Fsp3) is 0.429. The number of rotatable bonds is 5. The number of hydrogen-bond donors (Lipinski definition) is 1. The molecular weight excluding hydrogens is 227 g/mol. The summed E-state index contributed by atoms with van der Waals surface area (Å²) < 4.78 is 10.5. The van der Waals surface area contributed by atoms with E-state index in [9.17, 15) is 0 Å². The molecule has 4 heteroatoms. The van der Waals surface area contributed by atoms with Crippen LogP contribution in [0.15, 0.2) is 24.3 Å². The monoisotopic (exact) mass is 249 g/mol. The first-order valence-electron chi connectivity index (χ1n) is 6.16. The lowest BCUT2D eigenvalue weighted by Gasteiger charge is -2.12. The Morgan fingerprint density at radius 2 is 1.78 bits per heavy atom. The van der Waals surface area contributed by atoms with E-state index in [1.807, 2.05) is 58.9 Å². The van der Waals surface area contributed by atoms with Gasteiger partial charge in [0.05, 0.1) is 0 Å². The summed E-state index contributed by atoms with van der Waals surface area (Å²) in [6.45, 7) is 10.3. The summed E-state index contributed by atoms with van der Waals surface area (Å²) in [5.41, 5.74) is 1.86. The molecule has 0 saturated heterocycles. The molecule has 0 aliphatic heterocycles. The molecule has 0 atom stereocenters. The molecule has 1 N–H and O–H groups in total. The van der Waals surface area contributed by atoms with Crippen molar-refractivity contribution >= 4 is 7.69 Å². The van der Waals surface area contributed by atoms with Gasteiger partial charge >= 0.3 is 7.69 Å². The number of benzene rings is 1. The SMILES string of the molecule is C/C=C/COc1cc(C)c(O[B]O)c(C)c1.CC. The first-order chi connectivity index (χ1) is 8.69. The second-order valence-corrected chi connectivity index (χ2v) is 3.49. The minimum Gasteiger partial charge on any atom is -0.537 e. The molecule has 18 heavy (non-hydrogen) atoms. The molecule has 1 aromatic rings. The second-order valence-electron chi connectivity index (χ2n) is 3.49. The Labute approximate surface area is 111 Å². The van der Waals surface area contributed by atoms with Crippen molar-refractivity contribution in [3.05, 3.63) is 35.4 Å². The van der Waals surface area contributed by atoms with Crippen LogP contribution in [0.5, 0.6) is 11.5 Å². The third-order valence-corrected chi connectivity index (χ3v) is 2.19. The van der Waals surface area contributed by atoms with E-state index < -0.39 is 0 Å². The first kappa shape index (κ1) is 16.6. The lowest BCUT2D eigenvalue weighted by molar-refractivity contribution is 0.361. The first-order valence-corrected chi connectivity index (χ1v) is 6.16. The van der Waals surface area contributed by atoms with Crippen LogP contribution in [0, 0.1) is 13.8 Å². The van der Waals surface area contributed by atoms with Crippen molar-refractivity contribution < 1.29 is 14.4 Å². The molecule has 99 valence electrons. The van der Waals surface area contributed by atoms with Crippen molar-refractivity contribution in [2.45, 2.75) is 34.6 Å². The van der Waals surface area contributed by atoms with Gasteiger partial charge in [0, 0.05) is 0 Å². The number of hydrogen-bond acceptors (Lipinski definition) is 3. The molecule has 1 rings (SSSR count). The zero-order chi connectivity index (χ0) is 14.0. The molecule has 0 fully saturated rings. The maximum absolute atomic E-state index is 8.62. The summed E-state index contributed by atoms with van der Waals surface area (Å²) in [5.74, 6) is 1.47. The van der Waals surface area contributed by atoms with Crippen molar-refractivity contribution in [3.63, 3.8) is 0 Å². The van der Waals surface area contributed by atoms with Crippen molar-refractivity contribution in [1.29, 1.82) is 0 Å². The Balaban J connectivity index is 0.00000137. The van der Waals surface area contributed by atoms with E-state index in [-0.39, 0.29) is 0 Å². The molecule has 0 aromatic heterocycles. The summed E-state index contributed by atoms with van der Waals surface area (Å²) in [5, 5.41) is 8.62. The summed E-state index contributed by atoms with van der Waals surface area (Å²) in [4.78, 5) is 0. The zero-order valence-electron chi connectivity index (χ0n) is 11.9. The average molecular weight is 249 g/mol. The molecule has 0 saturated carbocycles. The van der Waals surface area contributed by atoms with Gasteiger partial charge in [-0.05, 0) is 44.0 Å². The smallest absolute Gasteiger partial charge is 0.537 e. The maximum atomic E-state index is 8.62. The Morgan fingerprint density at radius 3 is 2.22 bits per heavy atom. The Hall–Kier alpha value is -1.42. The number of ether oxygens (including phenoxy) is 1. The van der Waals surface area contributed by atoms with Gasteiger partial charge in [0.15, 0.2) is 0 Å². The summed E-state index contributed by atoms with van der Waals surface area (Å²) in [6, 6.07) is 3.77. The molecule has 0 aliphatic rings. The molecule has 0 aliphatic carbocycles. The van der Waals surface area contributed by atoms with Crippen LogP contribution in [0.25, 0.3) is 0 Å². The molecule has 0 bridgehead atoms. The summed E-state index contributed by atoms with van der Waals surface area (Å²) >= 11 is 0. The van der Waals surface area contributed by atoms with E-state index >= 15 is 0 Å². The van der Waals surface area contributed by atoms with Gasteiger partial charge in [-0.15, -0.1) is 0 Å². The largest absolute Gasteiger partial charge is 0.569 e. The Bertz CT molecular complexity index is 352. The zero-order valence-corrected chi connectivity index (χ0v) is 11.9. The van der Waals surface area contributed by atoms with E-state index in [1.54, 1.807) is 0 Å². The van der Waals surface area contributed by atoms with E-state index in [0.717, 1.165) is 16.9 Å². The van der Waals surface area contributed by atoms with Crippen molar-refractivity contribution in [3.8, 4) is 11.5 Å². The number of allylic oxidation sites excluding steroid dienone is 1. The van der Waals surface area contributed by atoms with Gasteiger partial charge < -0.3 is 14.4 Å². The fourth-order valence-electron chi connectivity index (χ4n) is 1.47. The predicted octanol–water partition coefficient (Wildman–Crippen LogP) is 3.19. The van der Waals surface area contributed by atoms with Crippen LogP contribution in [0.4, 0.5) is 0 Å². The van der Waals surface area contributed by atoms with Gasteiger partial charge in [0.1, 0.15) is 18.1 Å². The topological polar surface area (TPSA) is 38.7 Å². The van der Waals surface area contributed by atoms with Gasteiger partial charge in [-0.25, -0.2) is 0 Å². The van der Waals surface area contributed by atoms with E-state index in [2.05, 4.69) is 0 Å². The normalized spacial score (nSPS) is 9.67. The van der Waals surface area contributed by atoms with Gasteiger partial charge in [-0.2, -0.15) is 0 Å². The van der Waals surface area contributed by atoms with Gasteiger partial charge in [0.2, 0.25) is 0 Å². The van der Waals surface area contributed by atoms with Gasteiger partial charge in [-0.1, -0.05) is 26.0 Å². The van der Waals surface area contributed by atoms with Crippen molar-refractivity contribution in [2.24, 2.45) is 0 Å². The third kappa shape index (κ3) is 5.28. The minimum atomic E-state index is 0.557. The molecule has 0 amide bonds. The molecule has 3 nitrogen and oxygen atoms in total. The van der Waals surface area contributed by atoms with Gasteiger partial charge in [-0.3, -0.25) is 0 Å². The average Bonchev–Trinajstić information content (AvgIpc) is 2.37. The number of aryl methyl sites for hydroxylation is 2.